The molecule has 1 aromatic heterocycles. The lowest BCUT2D eigenvalue weighted by molar-refractivity contribution is -0.141. The molecule has 1 rings (SSSR count). The summed E-state index contributed by atoms with van der Waals surface area (Å²) in [6.45, 7) is 3.90. The highest BCUT2D eigenvalue weighted by Crippen LogP contribution is 2.11. The van der Waals surface area contributed by atoms with Gasteiger partial charge in [0.2, 0.25) is 0 Å². The van der Waals surface area contributed by atoms with Crippen molar-refractivity contribution in [3.8, 4) is 0 Å². The molecule has 0 saturated carbocycles. The van der Waals surface area contributed by atoms with Gasteiger partial charge in [0.25, 0.3) is 5.91 Å². The summed E-state index contributed by atoms with van der Waals surface area (Å²) in [5.41, 5.74) is 0. The fourth-order valence-corrected chi connectivity index (χ4v) is 2.12. The minimum atomic E-state index is -0.868. The maximum absolute atomic E-state index is 11.7. The number of carbonyl (C=O) groups is 2. The van der Waals surface area contributed by atoms with Gasteiger partial charge in [0, 0.05) is 6.54 Å². The fraction of sp³-hybridized carbons (Fsp3) is 0.545. The molecule has 1 amide bonds. The lowest BCUT2D eigenvalue weighted by atomic mass is 10.0. The predicted molar refractivity (Wildman–Crippen MR) is 65.2 cm³/mol. The van der Waals surface area contributed by atoms with Crippen molar-refractivity contribution in [2.75, 3.05) is 6.54 Å². The molecular formula is C11H16N2O3S. The maximum Gasteiger partial charge on any atom is 0.308 e. The van der Waals surface area contributed by atoms with Gasteiger partial charge in [-0.1, -0.05) is 13.3 Å². The molecule has 94 valence electrons. The van der Waals surface area contributed by atoms with Gasteiger partial charge in [-0.3, -0.25) is 9.59 Å². The van der Waals surface area contributed by atoms with Crippen LogP contribution in [0, 0.1) is 12.8 Å². The number of amides is 1. The monoisotopic (exact) mass is 256 g/mol. The van der Waals surface area contributed by atoms with E-state index in [2.05, 4.69) is 10.3 Å². The third kappa shape index (κ3) is 4.14. The van der Waals surface area contributed by atoms with Crippen molar-refractivity contribution in [1.29, 1.82) is 0 Å². The van der Waals surface area contributed by atoms with E-state index in [1.54, 1.807) is 0 Å². The first-order valence-electron chi connectivity index (χ1n) is 5.48. The first-order valence-corrected chi connectivity index (χ1v) is 6.29. The van der Waals surface area contributed by atoms with Crippen molar-refractivity contribution in [2.45, 2.75) is 26.7 Å². The standard InChI is InChI=1S/C11H16N2O3S/c1-3-4-8(11(15)16)5-13-10(14)9-6-12-7(2)17-9/h6,8H,3-5H2,1-2H3,(H,13,14)(H,15,16). The van der Waals surface area contributed by atoms with Crippen LogP contribution in [0.3, 0.4) is 0 Å². The number of aliphatic carboxylic acids is 1. The zero-order valence-electron chi connectivity index (χ0n) is 9.90. The van der Waals surface area contributed by atoms with Crippen LogP contribution in [0.15, 0.2) is 6.20 Å². The number of nitrogens with zero attached hydrogens (tertiary/aromatic N) is 1. The zero-order chi connectivity index (χ0) is 12.8. The van der Waals surface area contributed by atoms with Crippen LogP contribution in [-0.4, -0.2) is 28.5 Å². The van der Waals surface area contributed by atoms with E-state index in [0.29, 0.717) is 11.3 Å². The second kappa shape index (κ2) is 6.34. The average molecular weight is 256 g/mol. The van der Waals surface area contributed by atoms with Crippen LogP contribution in [-0.2, 0) is 4.79 Å². The van der Waals surface area contributed by atoms with Crippen LogP contribution < -0.4 is 5.32 Å². The first-order chi connectivity index (χ1) is 8.04. The number of carbonyl (C=O) groups excluding carboxylic acids is 1. The Kier molecular flexibility index (Phi) is 5.09. The third-order valence-corrected chi connectivity index (χ3v) is 3.25. The SMILES string of the molecule is CCCC(CNC(=O)c1cnc(C)s1)C(=O)O. The van der Waals surface area contributed by atoms with Crippen LogP contribution in [0.2, 0.25) is 0 Å². The highest BCUT2D eigenvalue weighted by atomic mass is 32.1. The topological polar surface area (TPSA) is 79.3 Å². The second-order valence-electron chi connectivity index (χ2n) is 3.78. The minimum Gasteiger partial charge on any atom is -0.481 e. The number of aryl methyl sites for hydroxylation is 1. The summed E-state index contributed by atoms with van der Waals surface area (Å²) < 4.78 is 0. The van der Waals surface area contributed by atoms with Crippen molar-refractivity contribution in [2.24, 2.45) is 5.92 Å². The molecule has 6 heteroatoms. The number of rotatable bonds is 6. The van der Waals surface area contributed by atoms with E-state index in [1.165, 1.54) is 17.5 Å². The van der Waals surface area contributed by atoms with Crippen molar-refractivity contribution >= 4 is 23.2 Å². The fourth-order valence-electron chi connectivity index (χ4n) is 1.43. The minimum absolute atomic E-state index is 0.166. The Morgan fingerprint density at radius 2 is 2.29 bits per heavy atom. The molecule has 1 heterocycles. The zero-order valence-corrected chi connectivity index (χ0v) is 10.7. The Hall–Kier alpha value is -1.43. The van der Waals surface area contributed by atoms with Crippen LogP contribution in [0.25, 0.3) is 0 Å². The summed E-state index contributed by atoms with van der Waals surface area (Å²) in [6.07, 6.45) is 2.86. The molecule has 0 aliphatic heterocycles. The maximum atomic E-state index is 11.7. The van der Waals surface area contributed by atoms with E-state index in [4.69, 9.17) is 5.11 Å². The van der Waals surface area contributed by atoms with Gasteiger partial charge < -0.3 is 10.4 Å². The van der Waals surface area contributed by atoms with Gasteiger partial charge in [0.15, 0.2) is 0 Å². The van der Waals surface area contributed by atoms with Gasteiger partial charge in [-0.15, -0.1) is 11.3 Å². The highest BCUT2D eigenvalue weighted by Gasteiger charge is 2.18. The molecule has 17 heavy (non-hydrogen) atoms. The van der Waals surface area contributed by atoms with Crippen molar-refractivity contribution in [1.82, 2.24) is 10.3 Å². The Bertz CT molecular complexity index is 403. The molecule has 0 aliphatic rings. The largest absolute Gasteiger partial charge is 0.481 e. The predicted octanol–water partition coefficient (Wildman–Crippen LogP) is 1.68. The molecule has 0 aliphatic carbocycles. The summed E-state index contributed by atoms with van der Waals surface area (Å²) in [4.78, 5) is 27.0. The Morgan fingerprint density at radius 3 is 2.76 bits per heavy atom. The lowest BCUT2D eigenvalue weighted by Crippen LogP contribution is -2.32. The summed E-state index contributed by atoms with van der Waals surface area (Å²) in [6, 6.07) is 0. The summed E-state index contributed by atoms with van der Waals surface area (Å²) >= 11 is 1.30. The summed E-state index contributed by atoms with van der Waals surface area (Å²) in [5.74, 6) is -1.64. The van der Waals surface area contributed by atoms with Gasteiger partial charge in [-0.05, 0) is 13.3 Å². The molecular weight excluding hydrogens is 240 g/mol. The van der Waals surface area contributed by atoms with Crippen molar-refractivity contribution in [3.05, 3.63) is 16.1 Å². The van der Waals surface area contributed by atoms with Crippen LogP contribution in [0.5, 0.6) is 0 Å². The molecule has 1 aromatic rings. The van der Waals surface area contributed by atoms with Crippen LogP contribution >= 0.6 is 11.3 Å². The van der Waals surface area contributed by atoms with E-state index in [1.807, 2.05) is 13.8 Å². The Balaban J connectivity index is 2.49. The number of carboxylic acids is 1. The number of nitrogens with one attached hydrogen (secondary N) is 1. The first kappa shape index (κ1) is 13.6. The van der Waals surface area contributed by atoms with Gasteiger partial charge in [0.05, 0.1) is 17.1 Å². The summed E-state index contributed by atoms with van der Waals surface area (Å²) in [7, 11) is 0. The normalized spacial score (nSPS) is 12.1. The second-order valence-corrected chi connectivity index (χ2v) is 5.01. The highest BCUT2D eigenvalue weighted by molar-refractivity contribution is 7.13. The van der Waals surface area contributed by atoms with E-state index >= 15 is 0 Å². The van der Waals surface area contributed by atoms with E-state index < -0.39 is 11.9 Å². The molecule has 0 radical (unpaired) electrons. The van der Waals surface area contributed by atoms with Crippen molar-refractivity contribution in [3.63, 3.8) is 0 Å². The summed E-state index contributed by atoms with van der Waals surface area (Å²) in [5, 5.41) is 12.4. The van der Waals surface area contributed by atoms with Gasteiger partial charge in [-0.25, -0.2) is 4.98 Å². The number of carboxylic acid groups (broad SMARTS) is 1. The molecule has 1 atom stereocenters. The van der Waals surface area contributed by atoms with Gasteiger partial charge >= 0.3 is 5.97 Å². The number of thiazole rings is 1. The number of aromatic nitrogens is 1. The molecule has 2 N–H and O–H groups in total. The van der Waals surface area contributed by atoms with E-state index in [0.717, 1.165) is 11.4 Å². The Labute approximate surface area is 104 Å². The molecule has 0 aromatic carbocycles. The third-order valence-electron chi connectivity index (χ3n) is 2.34. The molecule has 0 fully saturated rings. The van der Waals surface area contributed by atoms with E-state index in [-0.39, 0.29) is 12.5 Å². The number of hydrogen-bond donors (Lipinski definition) is 2. The smallest absolute Gasteiger partial charge is 0.308 e. The molecule has 1 unspecified atom stereocenters. The lowest BCUT2D eigenvalue weighted by Gasteiger charge is -2.11. The molecule has 0 bridgehead atoms. The Morgan fingerprint density at radius 1 is 1.59 bits per heavy atom. The average Bonchev–Trinajstić information content (AvgIpc) is 2.70. The van der Waals surface area contributed by atoms with Crippen molar-refractivity contribution < 1.29 is 14.7 Å². The quantitative estimate of drug-likeness (QED) is 0.811. The molecule has 0 spiro atoms. The molecule has 0 saturated heterocycles. The van der Waals surface area contributed by atoms with Gasteiger partial charge in [0.1, 0.15) is 4.88 Å². The van der Waals surface area contributed by atoms with Crippen LogP contribution in [0.1, 0.15) is 34.4 Å². The molecule has 5 nitrogen and oxygen atoms in total. The van der Waals surface area contributed by atoms with Gasteiger partial charge in [-0.2, -0.15) is 0 Å². The van der Waals surface area contributed by atoms with Crippen LogP contribution in [0.4, 0.5) is 0 Å². The van der Waals surface area contributed by atoms with E-state index in [9.17, 15) is 9.59 Å². The number of hydrogen-bond acceptors (Lipinski definition) is 4.